The number of nitrogens with zero attached hydrogens (tertiary/aromatic N) is 1. The monoisotopic (exact) mass is 427 g/mol. The molecule has 7 nitrogen and oxygen atoms in total. The van der Waals surface area contributed by atoms with E-state index >= 15 is 0 Å². The number of para-hydroxylation sites is 1. The summed E-state index contributed by atoms with van der Waals surface area (Å²) in [5, 5.41) is 19.3. The van der Waals surface area contributed by atoms with Crippen LogP contribution in [0.15, 0.2) is 29.8 Å². The lowest BCUT2D eigenvalue weighted by atomic mass is 10.0. The predicted molar refractivity (Wildman–Crippen MR) is 111 cm³/mol. The molecule has 0 unspecified atom stereocenters. The molecule has 30 heavy (non-hydrogen) atoms. The maximum atomic E-state index is 12.8. The van der Waals surface area contributed by atoms with Crippen molar-refractivity contribution in [2.24, 2.45) is 0 Å². The van der Waals surface area contributed by atoms with Gasteiger partial charge in [-0.3, -0.25) is 4.79 Å². The van der Waals surface area contributed by atoms with E-state index in [0.717, 1.165) is 11.3 Å². The van der Waals surface area contributed by atoms with E-state index in [4.69, 9.17) is 9.47 Å². The average Bonchev–Trinajstić information content (AvgIpc) is 3.03. The zero-order valence-corrected chi connectivity index (χ0v) is 17.7. The highest BCUT2D eigenvalue weighted by molar-refractivity contribution is 7.14. The molecule has 1 N–H and O–H groups in total. The van der Waals surface area contributed by atoms with Crippen LogP contribution in [0.25, 0.3) is 6.08 Å². The number of phenols is 1. The van der Waals surface area contributed by atoms with E-state index in [1.807, 2.05) is 6.07 Å². The van der Waals surface area contributed by atoms with Crippen LogP contribution in [0.1, 0.15) is 49.9 Å². The Morgan fingerprint density at radius 1 is 1.13 bits per heavy atom. The Kier molecular flexibility index (Phi) is 7.90. The largest absolute Gasteiger partial charge is 0.507 e. The number of hydrogen-bond acceptors (Lipinski definition) is 8. The molecule has 0 radical (unpaired) electrons. The number of rotatable bonds is 8. The lowest BCUT2D eigenvalue weighted by Gasteiger charge is -2.05. The van der Waals surface area contributed by atoms with Crippen LogP contribution in [0.3, 0.4) is 0 Å². The summed E-state index contributed by atoms with van der Waals surface area (Å²) < 4.78 is 10.1. The summed E-state index contributed by atoms with van der Waals surface area (Å²) in [6.45, 7) is 5.21. The summed E-state index contributed by atoms with van der Waals surface area (Å²) in [6, 6.07) is 8.13. The number of carbonyl (C=O) groups excluding carboxylic acids is 3. The molecule has 0 saturated carbocycles. The van der Waals surface area contributed by atoms with Crippen molar-refractivity contribution < 1.29 is 29.0 Å². The third-order valence-corrected chi connectivity index (χ3v) is 5.41. The van der Waals surface area contributed by atoms with Crippen molar-refractivity contribution in [1.82, 2.24) is 0 Å². The fourth-order valence-corrected chi connectivity index (χ4v) is 3.93. The van der Waals surface area contributed by atoms with Gasteiger partial charge < -0.3 is 14.6 Å². The Hall–Kier alpha value is -3.44. The minimum absolute atomic E-state index is 0.0678. The number of aromatic hydroxyl groups is 1. The molecule has 0 fully saturated rings. The van der Waals surface area contributed by atoms with Crippen LogP contribution in [0.2, 0.25) is 0 Å². The maximum absolute atomic E-state index is 12.8. The summed E-state index contributed by atoms with van der Waals surface area (Å²) in [4.78, 5) is 38.0. The second-order valence-electron chi connectivity index (χ2n) is 6.12. The van der Waals surface area contributed by atoms with Crippen LogP contribution in [0.4, 0.5) is 0 Å². The first-order chi connectivity index (χ1) is 14.3. The minimum Gasteiger partial charge on any atom is -0.507 e. The number of ketones is 1. The van der Waals surface area contributed by atoms with Crippen LogP contribution < -0.4 is 0 Å². The highest BCUT2D eigenvalue weighted by Gasteiger charge is 2.28. The van der Waals surface area contributed by atoms with Gasteiger partial charge >= 0.3 is 11.9 Å². The molecular weight excluding hydrogens is 406 g/mol. The van der Waals surface area contributed by atoms with Crippen LogP contribution in [-0.4, -0.2) is 36.0 Å². The summed E-state index contributed by atoms with van der Waals surface area (Å²) in [7, 11) is 0. The van der Waals surface area contributed by atoms with Gasteiger partial charge in [-0.05, 0) is 38.5 Å². The van der Waals surface area contributed by atoms with E-state index < -0.39 is 17.7 Å². The van der Waals surface area contributed by atoms with E-state index in [9.17, 15) is 24.8 Å². The van der Waals surface area contributed by atoms with Crippen molar-refractivity contribution in [2.45, 2.75) is 27.2 Å². The first-order valence-electron chi connectivity index (χ1n) is 9.23. The standard InChI is InChI=1S/C22H21NO6S/c1-4-28-21(26)19-13(3)20(22(27)29-5-2)30-18(19)11-17(25)15(12-23)10-14-8-6-7-9-16(14)24/h6-10,24H,4-5,11H2,1-3H3/b15-10+. The Labute approximate surface area is 178 Å². The van der Waals surface area contributed by atoms with Gasteiger partial charge in [0.1, 0.15) is 16.7 Å². The SMILES string of the molecule is CCOC(=O)c1sc(CC(=O)/C(C#N)=C/c2ccccc2O)c(C(=O)OCC)c1C. The molecule has 1 aromatic heterocycles. The number of phenolic OH excluding ortho intramolecular Hbond substituents is 1. The van der Waals surface area contributed by atoms with Gasteiger partial charge in [-0.15, -0.1) is 11.3 Å². The van der Waals surface area contributed by atoms with Crippen LogP contribution >= 0.6 is 11.3 Å². The number of carbonyl (C=O) groups is 3. The molecule has 0 aliphatic rings. The zero-order valence-electron chi connectivity index (χ0n) is 16.9. The van der Waals surface area contributed by atoms with Gasteiger partial charge in [-0.25, -0.2) is 9.59 Å². The highest BCUT2D eigenvalue weighted by atomic mass is 32.1. The summed E-state index contributed by atoms with van der Waals surface area (Å²) >= 11 is 0.972. The van der Waals surface area contributed by atoms with Crippen LogP contribution in [-0.2, 0) is 20.7 Å². The Bertz CT molecular complexity index is 1040. The maximum Gasteiger partial charge on any atom is 0.348 e. The number of allylic oxidation sites excluding steroid dienone is 1. The first kappa shape index (κ1) is 22.8. The van der Waals surface area contributed by atoms with Crippen LogP contribution in [0, 0.1) is 18.3 Å². The summed E-state index contributed by atoms with van der Waals surface area (Å²) in [5.74, 6) is -1.85. The van der Waals surface area contributed by atoms with E-state index in [1.54, 1.807) is 39.0 Å². The van der Waals surface area contributed by atoms with E-state index in [-0.39, 0.29) is 41.4 Å². The third kappa shape index (κ3) is 5.13. The predicted octanol–water partition coefficient (Wildman–Crippen LogP) is 3.83. The number of esters is 2. The fourth-order valence-electron chi connectivity index (χ4n) is 2.74. The second kappa shape index (κ2) is 10.4. The number of benzene rings is 1. The summed E-state index contributed by atoms with van der Waals surface area (Å²) in [5.41, 5.74) is 0.652. The van der Waals surface area contributed by atoms with Crippen molar-refractivity contribution in [3.63, 3.8) is 0 Å². The average molecular weight is 427 g/mol. The smallest absolute Gasteiger partial charge is 0.348 e. The minimum atomic E-state index is -0.646. The van der Waals surface area contributed by atoms with E-state index in [0.29, 0.717) is 16.0 Å². The third-order valence-electron chi connectivity index (χ3n) is 4.14. The van der Waals surface area contributed by atoms with Gasteiger partial charge in [-0.1, -0.05) is 18.2 Å². The van der Waals surface area contributed by atoms with Crippen molar-refractivity contribution in [3.05, 3.63) is 56.3 Å². The second-order valence-corrected chi connectivity index (χ2v) is 7.23. The molecule has 156 valence electrons. The molecule has 0 amide bonds. The van der Waals surface area contributed by atoms with Crippen molar-refractivity contribution >= 4 is 35.1 Å². The Morgan fingerprint density at radius 2 is 1.77 bits per heavy atom. The Morgan fingerprint density at radius 3 is 2.37 bits per heavy atom. The van der Waals surface area contributed by atoms with Gasteiger partial charge in [0.15, 0.2) is 5.78 Å². The number of Topliss-reactive ketones (excluding diaryl/α,β-unsaturated/α-hetero) is 1. The zero-order chi connectivity index (χ0) is 22.3. The fraction of sp³-hybridized carbons (Fsp3) is 0.273. The number of ether oxygens (including phenoxy) is 2. The molecule has 2 rings (SSSR count). The molecule has 0 aliphatic heterocycles. The van der Waals surface area contributed by atoms with Gasteiger partial charge in [0.25, 0.3) is 0 Å². The van der Waals surface area contributed by atoms with E-state index in [2.05, 4.69) is 0 Å². The summed E-state index contributed by atoms with van der Waals surface area (Å²) in [6.07, 6.45) is 1.01. The van der Waals surface area contributed by atoms with Crippen molar-refractivity contribution in [1.29, 1.82) is 5.26 Å². The van der Waals surface area contributed by atoms with Gasteiger partial charge in [-0.2, -0.15) is 5.26 Å². The number of nitriles is 1. The van der Waals surface area contributed by atoms with Gasteiger partial charge in [0.2, 0.25) is 0 Å². The van der Waals surface area contributed by atoms with Gasteiger partial charge in [0, 0.05) is 16.9 Å². The van der Waals surface area contributed by atoms with E-state index in [1.165, 1.54) is 12.1 Å². The molecule has 1 heterocycles. The topological polar surface area (TPSA) is 114 Å². The van der Waals surface area contributed by atoms with Crippen LogP contribution in [0.5, 0.6) is 5.75 Å². The highest BCUT2D eigenvalue weighted by Crippen LogP contribution is 2.31. The quantitative estimate of drug-likeness (QED) is 0.387. The Balaban J connectivity index is 2.44. The molecular formula is C22H21NO6S. The lowest BCUT2D eigenvalue weighted by Crippen LogP contribution is -2.12. The van der Waals surface area contributed by atoms with Crippen molar-refractivity contribution in [2.75, 3.05) is 13.2 Å². The normalized spacial score (nSPS) is 10.9. The van der Waals surface area contributed by atoms with Gasteiger partial charge in [0.05, 0.1) is 24.4 Å². The molecule has 0 saturated heterocycles. The van der Waals surface area contributed by atoms with Crippen molar-refractivity contribution in [3.8, 4) is 11.8 Å². The first-order valence-corrected chi connectivity index (χ1v) is 10.0. The molecule has 8 heteroatoms. The molecule has 2 aromatic rings. The molecule has 1 aromatic carbocycles. The number of hydrogen-bond donors (Lipinski definition) is 1. The molecule has 0 aliphatic carbocycles. The molecule has 0 spiro atoms. The lowest BCUT2D eigenvalue weighted by molar-refractivity contribution is -0.114. The molecule has 0 atom stereocenters. The number of thiophene rings is 1. The molecule has 0 bridgehead atoms.